The van der Waals surface area contributed by atoms with E-state index in [0.717, 1.165) is 49.9 Å². The number of fused-ring (bicyclic) bond motifs is 6. The Morgan fingerprint density at radius 3 is 1.64 bits per heavy atom. The normalized spacial score (nSPS) is 11.6. The van der Waals surface area contributed by atoms with Crippen molar-refractivity contribution >= 4 is 43.9 Å². The van der Waals surface area contributed by atoms with E-state index in [2.05, 4.69) is 95.6 Å². The van der Waals surface area contributed by atoms with Crippen LogP contribution in [0.25, 0.3) is 94.9 Å². The summed E-state index contributed by atoms with van der Waals surface area (Å²) in [6.45, 7) is 0. The number of aromatic nitrogens is 5. The van der Waals surface area contributed by atoms with Crippen LogP contribution < -0.4 is 0 Å². The second kappa shape index (κ2) is 11.4. The predicted octanol–water partition coefficient (Wildman–Crippen LogP) is 10.9. The number of furan rings is 1. The van der Waals surface area contributed by atoms with Crippen LogP contribution in [0.5, 0.6) is 0 Å². The first-order chi connectivity index (χ1) is 24.8. The summed E-state index contributed by atoms with van der Waals surface area (Å²) < 4.78 is 8.57. The van der Waals surface area contributed by atoms with Gasteiger partial charge in [-0.25, -0.2) is 19.9 Å². The highest BCUT2D eigenvalue weighted by Gasteiger charge is 2.17. The zero-order chi connectivity index (χ0) is 33.0. The van der Waals surface area contributed by atoms with E-state index in [9.17, 15) is 0 Å². The van der Waals surface area contributed by atoms with Gasteiger partial charge in [0.1, 0.15) is 5.58 Å². The SMILES string of the molecule is c1ccc(-c2nc(-c3ccccc3)nc(-c3cnc4oc5ccc(-c6ccc7c(c6)c6ccccc6n7-c6ccccc6)cc5c4c3)n2)cc1. The Morgan fingerprint density at radius 2 is 0.940 bits per heavy atom. The summed E-state index contributed by atoms with van der Waals surface area (Å²) in [5.41, 5.74) is 9.71. The number of benzene rings is 6. The van der Waals surface area contributed by atoms with E-state index in [4.69, 9.17) is 24.4 Å². The minimum atomic E-state index is 0.554. The molecule has 0 atom stereocenters. The van der Waals surface area contributed by atoms with Crippen LogP contribution >= 0.6 is 0 Å². The van der Waals surface area contributed by atoms with Gasteiger partial charge in [0.15, 0.2) is 17.5 Å². The molecule has 10 rings (SSSR count). The molecule has 6 aromatic carbocycles. The molecule has 0 spiro atoms. The maximum Gasteiger partial charge on any atom is 0.227 e. The molecule has 4 heterocycles. The first-order valence-electron chi connectivity index (χ1n) is 16.6. The largest absolute Gasteiger partial charge is 0.438 e. The summed E-state index contributed by atoms with van der Waals surface area (Å²) in [7, 11) is 0. The van der Waals surface area contributed by atoms with Crippen molar-refractivity contribution < 1.29 is 4.42 Å². The maximum atomic E-state index is 6.23. The van der Waals surface area contributed by atoms with Gasteiger partial charge >= 0.3 is 0 Å². The lowest BCUT2D eigenvalue weighted by Gasteiger charge is -2.08. The van der Waals surface area contributed by atoms with Crippen molar-refractivity contribution in [2.75, 3.05) is 0 Å². The Balaban J connectivity index is 1.11. The maximum absolute atomic E-state index is 6.23. The van der Waals surface area contributed by atoms with E-state index < -0.39 is 0 Å². The highest BCUT2D eigenvalue weighted by atomic mass is 16.3. The van der Waals surface area contributed by atoms with Gasteiger partial charge in [0.25, 0.3) is 0 Å². The third-order valence-corrected chi connectivity index (χ3v) is 9.31. The molecule has 0 saturated heterocycles. The minimum Gasteiger partial charge on any atom is -0.438 e. The lowest BCUT2D eigenvalue weighted by atomic mass is 10.0. The molecule has 0 fully saturated rings. The Labute approximate surface area is 287 Å². The van der Waals surface area contributed by atoms with E-state index in [0.29, 0.717) is 23.2 Å². The molecule has 0 bridgehead atoms. The first kappa shape index (κ1) is 28.1. The average Bonchev–Trinajstić information content (AvgIpc) is 3.73. The molecule has 6 heteroatoms. The summed E-state index contributed by atoms with van der Waals surface area (Å²) in [5, 5.41) is 4.32. The molecule has 4 aromatic heterocycles. The molecular formula is C44H27N5O. The molecule has 0 unspecified atom stereocenters. The Bertz CT molecular complexity index is 2800. The topological polar surface area (TPSA) is 69.6 Å². The zero-order valence-electron chi connectivity index (χ0n) is 26.7. The van der Waals surface area contributed by atoms with Gasteiger partial charge in [0.05, 0.1) is 11.0 Å². The quantitative estimate of drug-likeness (QED) is 0.187. The van der Waals surface area contributed by atoms with Crippen molar-refractivity contribution in [3.8, 4) is 51.0 Å². The summed E-state index contributed by atoms with van der Waals surface area (Å²) in [5.74, 6) is 1.77. The zero-order valence-corrected chi connectivity index (χ0v) is 26.7. The molecule has 234 valence electrons. The van der Waals surface area contributed by atoms with Crippen molar-refractivity contribution in [3.05, 3.63) is 164 Å². The number of hydrogen-bond donors (Lipinski definition) is 0. The lowest BCUT2D eigenvalue weighted by molar-refractivity contribution is 0.654. The number of para-hydroxylation sites is 2. The average molecular weight is 642 g/mol. The van der Waals surface area contributed by atoms with Crippen molar-refractivity contribution in [1.82, 2.24) is 24.5 Å². The van der Waals surface area contributed by atoms with Gasteiger partial charge in [-0.1, -0.05) is 109 Å². The van der Waals surface area contributed by atoms with Crippen LogP contribution in [-0.2, 0) is 0 Å². The monoisotopic (exact) mass is 641 g/mol. The fraction of sp³-hybridized carbons (Fsp3) is 0. The molecule has 0 N–H and O–H groups in total. The molecule has 50 heavy (non-hydrogen) atoms. The van der Waals surface area contributed by atoms with E-state index in [-0.39, 0.29) is 0 Å². The van der Waals surface area contributed by atoms with Gasteiger partial charge in [0, 0.05) is 50.1 Å². The van der Waals surface area contributed by atoms with Crippen LogP contribution in [0.15, 0.2) is 168 Å². The summed E-state index contributed by atoms with van der Waals surface area (Å²) >= 11 is 0. The highest BCUT2D eigenvalue weighted by molar-refractivity contribution is 6.11. The molecule has 0 amide bonds. The van der Waals surface area contributed by atoms with E-state index in [1.165, 1.54) is 21.8 Å². The Kier molecular flexibility index (Phi) is 6.39. The second-order valence-corrected chi connectivity index (χ2v) is 12.3. The van der Waals surface area contributed by atoms with Crippen molar-refractivity contribution in [3.63, 3.8) is 0 Å². The molecule has 10 aromatic rings. The number of hydrogen-bond acceptors (Lipinski definition) is 5. The van der Waals surface area contributed by atoms with Crippen LogP contribution in [0, 0.1) is 0 Å². The fourth-order valence-corrected chi connectivity index (χ4v) is 6.91. The first-order valence-corrected chi connectivity index (χ1v) is 16.6. The molecule has 6 nitrogen and oxygen atoms in total. The number of rotatable bonds is 5. The van der Waals surface area contributed by atoms with Gasteiger partial charge in [-0.05, 0) is 59.7 Å². The van der Waals surface area contributed by atoms with E-state index in [1.807, 2.05) is 66.7 Å². The minimum absolute atomic E-state index is 0.554. The van der Waals surface area contributed by atoms with Crippen LogP contribution in [-0.4, -0.2) is 24.5 Å². The predicted molar refractivity (Wildman–Crippen MR) is 201 cm³/mol. The molecule has 0 aliphatic heterocycles. The molecule has 0 aliphatic rings. The Hall–Kier alpha value is -6.92. The van der Waals surface area contributed by atoms with Crippen molar-refractivity contribution in [1.29, 1.82) is 0 Å². The van der Waals surface area contributed by atoms with Gasteiger partial charge in [-0.3, -0.25) is 0 Å². The summed E-state index contributed by atoms with van der Waals surface area (Å²) in [6, 6.07) is 54.3. The Morgan fingerprint density at radius 1 is 0.400 bits per heavy atom. The highest BCUT2D eigenvalue weighted by Crippen LogP contribution is 2.37. The smallest absolute Gasteiger partial charge is 0.227 e. The van der Waals surface area contributed by atoms with Crippen LogP contribution in [0.4, 0.5) is 0 Å². The van der Waals surface area contributed by atoms with E-state index in [1.54, 1.807) is 6.20 Å². The van der Waals surface area contributed by atoms with Gasteiger partial charge in [0.2, 0.25) is 5.71 Å². The number of nitrogens with zero attached hydrogens (tertiary/aromatic N) is 5. The standard InChI is InChI=1S/C44H27N5O/c1-4-12-28(13-5-1)41-46-42(29-14-6-2-7-15-29)48-43(47-41)32-26-37-36-25-31(21-23-40(36)50-44(37)45-27-32)30-20-22-39-35(24-30)34-18-10-11-19-38(34)49(39)33-16-8-3-9-17-33/h1-27H. The van der Waals surface area contributed by atoms with Crippen LogP contribution in [0.1, 0.15) is 0 Å². The summed E-state index contributed by atoms with van der Waals surface area (Å²) in [6.07, 6.45) is 1.78. The third kappa shape index (κ3) is 4.65. The lowest BCUT2D eigenvalue weighted by Crippen LogP contribution is -2.00. The van der Waals surface area contributed by atoms with E-state index >= 15 is 0 Å². The van der Waals surface area contributed by atoms with Crippen LogP contribution in [0.3, 0.4) is 0 Å². The molecule has 0 aliphatic carbocycles. The van der Waals surface area contributed by atoms with Crippen molar-refractivity contribution in [2.24, 2.45) is 0 Å². The van der Waals surface area contributed by atoms with Crippen LogP contribution in [0.2, 0.25) is 0 Å². The molecule has 0 radical (unpaired) electrons. The molecular weight excluding hydrogens is 615 g/mol. The summed E-state index contributed by atoms with van der Waals surface area (Å²) in [4.78, 5) is 19.4. The molecule has 0 saturated carbocycles. The number of pyridine rings is 1. The second-order valence-electron chi connectivity index (χ2n) is 12.3. The fourth-order valence-electron chi connectivity index (χ4n) is 6.91. The van der Waals surface area contributed by atoms with Gasteiger partial charge in [-0.2, -0.15) is 0 Å². The van der Waals surface area contributed by atoms with Gasteiger partial charge < -0.3 is 8.98 Å². The van der Waals surface area contributed by atoms with Gasteiger partial charge in [-0.15, -0.1) is 0 Å². The van der Waals surface area contributed by atoms with Crippen molar-refractivity contribution in [2.45, 2.75) is 0 Å². The third-order valence-electron chi connectivity index (χ3n) is 9.31.